The number of fused-ring (bicyclic) bond motifs is 1. The number of carbonyl (C=O) groups excluding carboxylic acids is 2. The Labute approximate surface area is 160 Å². The molecule has 0 fully saturated rings. The maximum atomic E-state index is 12.7. The Hall–Kier alpha value is -3.62. The van der Waals surface area contributed by atoms with E-state index in [0.29, 0.717) is 18.0 Å². The number of nitrogens with one attached hydrogen (secondary N) is 2. The number of ether oxygens (including phenoxy) is 2. The van der Waals surface area contributed by atoms with Crippen LogP contribution in [0.3, 0.4) is 0 Å². The predicted molar refractivity (Wildman–Crippen MR) is 101 cm³/mol. The quantitative estimate of drug-likeness (QED) is 0.603. The summed E-state index contributed by atoms with van der Waals surface area (Å²) in [5.41, 5.74) is 0.858. The van der Waals surface area contributed by atoms with Gasteiger partial charge in [0.2, 0.25) is 5.91 Å². The van der Waals surface area contributed by atoms with Crippen LogP contribution in [-0.4, -0.2) is 30.0 Å². The Morgan fingerprint density at radius 3 is 2.46 bits per heavy atom. The number of amides is 2. The highest BCUT2D eigenvalue weighted by molar-refractivity contribution is 5.99. The van der Waals surface area contributed by atoms with Gasteiger partial charge in [0.1, 0.15) is 18.8 Å². The van der Waals surface area contributed by atoms with Gasteiger partial charge in [-0.3, -0.25) is 19.7 Å². The molecule has 1 heterocycles. The van der Waals surface area contributed by atoms with Gasteiger partial charge in [0.05, 0.1) is 17.0 Å². The van der Waals surface area contributed by atoms with Crippen LogP contribution in [-0.2, 0) is 4.79 Å². The third-order valence-electron chi connectivity index (χ3n) is 4.16. The molecule has 0 aliphatic carbocycles. The highest BCUT2D eigenvalue weighted by atomic mass is 16.6. The molecule has 1 aliphatic heterocycles. The molecule has 2 N–H and O–H groups in total. The van der Waals surface area contributed by atoms with Gasteiger partial charge < -0.3 is 20.1 Å². The van der Waals surface area contributed by atoms with Crippen molar-refractivity contribution in [1.82, 2.24) is 5.32 Å². The molecule has 146 valence electrons. The van der Waals surface area contributed by atoms with Crippen LogP contribution in [0.2, 0.25) is 0 Å². The molecule has 2 amide bonds. The van der Waals surface area contributed by atoms with Gasteiger partial charge in [0.25, 0.3) is 11.6 Å². The van der Waals surface area contributed by atoms with E-state index in [1.807, 2.05) is 0 Å². The number of hydrogen-bond donors (Lipinski definition) is 2. The van der Waals surface area contributed by atoms with E-state index in [0.717, 1.165) is 5.56 Å². The first-order chi connectivity index (χ1) is 13.3. The number of anilines is 1. The molecular weight excluding hydrogens is 366 g/mol. The van der Waals surface area contributed by atoms with Gasteiger partial charge in [-0.25, -0.2) is 0 Å². The van der Waals surface area contributed by atoms with Crippen molar-refractivity contribution in [2.24, 2.45) is 0 Å². The summed E-state index contributed by atoms with van der Waals surface area (Å²) in [6.07, 6.45) is 0. The third kappa shape index (κ3) is 4.20. The van der Waals surface area contributed by atoms with Crippen molar-refractivity contribution in [3.05, 3.63) is 57.6 Å². The number of carbonyl (C=O) groups is 2. The molecular formula is C19H19N3O6. The van der Waals surface area contributed by atoms with Crippen molar-refractivity contribution < 1.29 is 24.0 Å². The van der Waals surface area contributed by atoms with E-state index in [9.17, 15) is 19.7 Å². The van der Waals surface area contributed by atoms with Gasteiger partial charge in [-0.1, -0.05) is 12.1 Å². The molecule has 0 spiro atoms. The van der Waals surface area contributed by atoms with Gasteiger partial charge in [0, 0.05) is 18.7 Å². The fraction of sp³-hybridized carbons (Fsp3) is 0.263. The summed E-state index contributed by atoms with van der Waals surface area (Å²) in [7, 11) is 0. The molecule has 0 saturated carbocycles. The molecule has 9 heteroatoms. The lowest BCUT2D eigenvalue weighted by molar-refractivity contribution is -0.385. The van der Waals surface area contributed by atoms with Crippen LogP contribution in [0.15, 0.2) is 36.4 Å². The standard InChI is InChI=1S/C19H19N3O6/c1-11(13-4-3-5-14(8-13)21-12(2)23)20-19(24)15-9-17-18(28-7-6-27-17)10-16(15)22(25)26/h3-5,8-11H,6-7H2,1-2H3,(H,20,24)(H,21,23). The summed E-state index contributed by atoms with van der Waals surface area (Å²) < 4.78 is 10.8. The number of hydrogen-bond acceptors (Lipinski definition) is 6. The first kappa shape index (κ1) is 19.2. The van der Waals surface area contributed by atoms with Crippen molar-refractivity contribution in [2.75, 3.05) is 18.5 Å². The van der Waals surface area contributed by atoms with Crippen LogP contribution in [0, 0.1) is 10.1 Å². The number of nitro benzene ring substituents is 1. The smallest absolute Gasteiger partial charge is 0.286 e. The van der Waals surface area contributed by atoms with Crippen LogP contribution in [0.4, 0.5) is 11.4 Å². The summed E-state index contributed by atoms with van der Waals surface area (Å²) in [5, 5.41) is 16.8. The highest BCUT2D eigenvalue weighted by Crippen LogP contribution is 2.36. The lowest BCUT2D eigenvalue weighted by atomic mass is 10.1. The number of benzene rings is 2. The molecule has 1 unspecified atom stereocenters. The lowest BCUT2D eigenvalue weighted by Gasteiger charge is -2.20. The van der Waals surface area contributed by atoms with Crippen LogP contribution in [0.1, 0.15) is 35.8 Å². The SMILES string of the molecule is CC(=O)Nc1cccc(C(C)NC(=O)c2cc3c(cc2[N+](=O)[O-])OCCO3)c1. The number of nitro groups is 1. The molecule has 0 bridgehead atoms. The average molecular weight is 385 g/mol. The fourth-order valence-electron chi connectivity index (χ4n) is 2.86. The molecule has 0 aromatic heterocycles. The molecule has 2 aromatic carbocycles. The normalized spacial score (nSPS) is 13.4. The van der Waals surface area contributed by atoms with E-state index in [-0.39, 0.29) is 29.5 Å². The second kappa shape index (κ2) is 7.95. The van der Waals surface area contributed by atoms with E-state index in [4.69, 9.17) is 9.47 Å². The first-order valence-corrected chi connectivity index (χ1v) is 8.61. The van der Waals surface area contributed by atoms with Crippen molar-refractivity contribution in [3.63, 3.8) is 0 Å². The first-order valence-electron chi connectivity index (χ1n) is 8.61. The van der Waals surface area contributed by atoms with Crippen molar-refractivity contribution >= 4 is 23.2 Å². The summed E-state index contributed by atoms with van der Waals surface area (Å²) >= 11 is 0. The highest BCUT2D eigenvalue weighted by Gasteiger charge is 2.27. The maximum absolute atomic E-state index is 12.7. The molecule has 0 saturated heterocycles. The molecule has 28 heavy (non-hydrogen) atoms. The number of nitrogens with zero attached hydrogens (tertiary/aromatic N) is 1. The lowest BCUT2D eigenvalue weighted by Crippen LogP contribution is -2.28. The van der Waals surface area contributed by atoms with Crippen LogP contribution < -0.4 is 20.1 Å². The molecule has 2 aromatic rings. The second-order valence-electron chi connectivity index (χ2n) is 6.27. The summed E-state index contributed by atoms with van der Waals surface area (Å²) in [6.45, 7) is 3.74. The third-order valence-corrected chi connectivity index (χ3v) is 4.16. The minimum absolute atomic E-state index is 0.112. The van der Waals surface area contributed by atoms with Crippen LogP contribution in [0.25, 0.3) is 0 Å². The average Bonchev–Trinajstić information content (AvgIpc) is 2.66. The molecule has 1 aliphatic rings. The Morgan fingerprint density at radius 2 is 1.82 bits per heavy atom. The largest absolute Gasteiger partial charge is 0.486 e. The Bertz CT molecular complexity index is 943. The van der Waals surface area contributed by atoms with E-state index < -0.39 is 16.9 Å². The molecule has 9 nitrogen and oxygen atoms in total. The Morgan fingerprint density at radius 1 is 1.14 bits per heavy atom. The maximum Gasteiger partial charge on any atom is 0.286 e. The Kier molecular flexibility index (Phi) is 5.44. The predicted octanol–water partition coefficient (Wildman–Crippen LogP) is 2.82. The van der Waals surface area contributed by atoms with E-state index in [1.165, 1.54) is 19.1 Å². The van der Waals surface area contributed by atoms with Gasteiger partial charge >= 0.3 is 0 Å². The number of rotatable bonds is 5. The van der Waals surface area contributed by atoms with Gasteiger partial charge in [0.15, 0.2) is 11.5 Å². The Balaban J connectivity index is 1.84. The van der Waals surface area contributed by atoms with Crippen molar-refractivity contribution in [1.29, 1.82) is 0 Å². The molecule has 3 rings (SSSR count). The van der Waals surface area contributed by atoms with Crippen molar-refractivity contribution in [2.45, 2.75) is 19.9 Å². The summed E-state index contributed by atoms with van der Waals surface area (Å²) in [6, 6.07) is 9.06. The minimum atomic E-state index is -0.630. The van der Waals surface area contributed by atoms with E-state index in [1.54, 1.807) is 31.2 Å². The van der Waals surface area contributed by atoms with Gasteiger partial charge in [-0.15, -0.1) is 0 Å². The fourth-order valence-corrected chi connectivity index (χ4v) is 2.86. The molecule has 0 radical (unpaired) electrons. The van der Waals surface area contributed by atoms with Gasteiger partial charge in [-0.2, -0.15) is 0 Å². The summed E-state index contributed by atoms with van der Waals surface area (Å²) in [4.78, 5) is 34.7. The van der Waals surface area contributed by atoms with Gasteiger partial charge in [-0.05, 0) is 24.6 Å². The topological polar surface area (TPSA) is 120 Å². The van der Waals surface area contributed by atoms with Crippen molar-refractivity contribution in [3.8, 4) is 11.5 Å². The second-order valence-corrected chi connectivity index (χ2v) is 6.27. The summed E-state index contributed by atoms with van der Waals surface area (Å²) in [5.74, 6) is -0.283. The zero-order valence-corrected chi connectivity index (χ0v) is 15.4. The zero-order valence-electron chi connectivity index (χ0n) is 15.4. The monoisotopic (exact) mass is 385 g/mol. The van der Waals surface area contributed by atoms with Crippen LogP contribution >= 0.6 is 0 Å². The zero-order chi connectivity index (χ0) is 20.3. The van der Waals surface area contributed by atoms with E-state index in [2.05, 4.69) is 10.6 Å². The minimum Gasteiger partial charge on any atom is -0.486 e. The van der Waals surface area contributed by atoms with Crippen LogP contribution in [0.5, 0.6) is 11.5 Å². The molecule has 1 atom stereocenters. The van der Waals surface area contributed by atoms with E-state index >= 15 is 0 Å².